The van der Waals surface area contributed by atoms with Crippen molar-refractivity contribution >= 4 is 86.8 Å². The molecule has 11 rings (SSSR count). The van der Waals surface area contributed by atoms with Gasteiger partial charge < -0.3 is 4.42 Å². The lowest BCUT2D eigenvalue weighted by atomic mass is 9.94. The first-order chi connectivity index (χ1) is 25.4. The smallest absolute Gasteiger partial charge is 0.149 e. The molecule has 0 spiro atoms. The molecule has 0 atom stereocenters. The van der Waals surface area contributed by atoms with Gasteiger partial charge in [-0.15, -0.1) is 0 Å². The Morgan fingerprint density at radius 1 is 0.490 bits per heavy atom. The molecule has 0 aliphatic heterocycles. The molecule has 3 nitrogen and oxygen atoms in total. The van der Waals surface area contributed by atoms with E-state index in [-0.39, 0.29) is 5.56 Å². The van der Waals surface area contributed by atoms with Gasteiger partial charge >= 0.3 is 0 Å². The predicted octanol–water partition coefficient (Wildman–Crippen LogP) is 12.7. The van der Waals surface area contributed by atoms with Crippen molar-refractivity contribution in [3.63, 3.8) is 0 Å². The standard InChI is InChI=1S/C46H28N2O/c1-27-10-8-19-42-43(27)48(29-21-23-36-33-15-5-4-13-31(33)32-14-6-7-16-34(32)41(36)26-29)46(47-42)40-18-9-17-37-39-25-24-35-30-12-3-2-11-28(30)20-22-38(35)44(39)49-45(37)40/h2-26H,1H3/i1D3. The van der Waals surface area contributed by atoms with Crippen LogP contribution in [0.15, 0.2) is 156 Å². The van der Waals surface area contributed by atoms with E-state index in [1.165, 1.54) is 26.9 Å². The Kier molecular flexibility index (Phi) is 4.75. The molecule has 0 radical (unpaired) electrons. The molecule has 0 aliphatic rings. The normalized spacial score (nSPS) is 13.3. The summed E-state index contributed by atoms with van der Waals surface area (Å²) >= 11 is 0. The van der Waals surface area contributed by atoms with Crippen LogP contribution in [0.3, 0.4) is 0 Å². The van der Waals surface area contributed by atoms with E-state index >= 15 is 0 Å². The highest BCUT2D eigenvalue weighted by Gasteiger charge is 2.22. The lowest BCUT2D eigenvalue weighted by Gasteiger charge is -2.15. The monoisotopic (exact) mass is 627 g/mol. The van der Waals surface area contributed by atoms with Crippen LogP contribution in [0.4, 0.5) is 0 Å². The third kappa shape index (κ3) is 3.64. The lowest BCUT2D eigenvalue weighted by Crippen LogP contribution is -1.99. The molecule has 11 aromatic rings. The van der Waals surface area contributed by atoms with Crippen LogP contribution in [0.5, 0.6) is 0 Å². The van der Waals surface area contributed by atoms with Crippen LogP contribution in [0.1, 0.15) is 9.68 Å². The van der Waals surface area contributed by atoms with Crippen molar-refractivity contribution in [2.45, 2.75) is 6.85 Å². The van der Waals surface area contributed by atoms with Crippen LogP contribution >= 0.6 is 0 Å². The van der Waals surface area contributed by atoms with Gasteiger partial charge in [0.05, 0.1) is 16.6 Å². The van der Waals surface area contributed by atoms with Crippen molar-refractivity contribution in [3.05, 3.63) is 157 Å². The van der Waals surface area contributed by atoms with Crippen molar-refractivity contribution in [1.82, 2.24) is 9.55 Å². The molecule has 49 heavy (non-hydrogen) atoms. The van der Waals surface area contributed by atoms with Crippen LogP contribution in [0.25, 0.3) is 104 Å². The van der Waals surface area contributed by atoms with Gasteiger partial charge in [0, 0.05) is 26.0 Å². The minimum absolute atomic E-state index is 0.252. The Balaban J connectivity index is 1.25. The number of para-hydroxylation sites is 2. The largest absolute Gasteiger partial charge is 0.455 e. The maximum Gasteiger partial charge on any atom is 0.149 e. The van der Waals surface area contributed by atoms with Gasteiger partial charge in [0.15, 0.2) is 0 Å². The van der Waals surface area contributed by atoms with Gasteiger partial charge in [0.2, 0.25) is 0 Å². The molecule has 0 saturated heterocycles. The fraction of sp³-hybridized carbons (Fsp3) is 0.0217. The molecule has 0 N–H and O–H groups in total. The Morgan fingerprint density at radius 2 is 1.06 bits per heavy atom. The molecule has 2 heterocycles. The maximum atomic E-state index is 8.57. The summed E-state index contributed by atoms with van der Waals surface area (Å²) in [4.78, 5) is 5.20. The SMILES string of the molecule is [2H]C([2H])([2H])c1cccc2nc(-c3cccc4c3oc3c4ccc4c5ccccc5ccc43)n(-c3ccc4c5ccccc5c5ccccc5c4c3)c12. The van der Waals surface area contributed by atoms with Gasteiger partial charge in [-0.05, 0) is 97.3 Å². The van der Waals surface area contributed by atoms with Gasteiger partial charge in [-0.25, -0.2) is 4.98 Å². The number of aryl methyl sites for hydroxylation is 1. The molecule has 9 aromatic carbocycles. The first kappa shape index (κ1) is 23.8. The number of nitrogens with zero attached hydrogens (tertiary/aromatic N) is 2. The third-order valence-electron chi connectivity index (χ3n) is 10.3. The quantitative estimate of drug-likeness (QED) is 0.179. The van der Waals surface area contributed by atoms with E-state index in [0.717, 1.165) is 54.5 Å². The van der Waals surface area contributed by atoms with E-state index in [2.05, 4.69) is 121 Å². The number of hydrogen-bond donors (Lipinski definition) is 0. The summed E-state index contributed by atoms with van der Waals surface area (Å²) in [6.45, 7) is -2.36. The highest BCUT2D eigenvalue weighted by Crippen LogP contribution is 2.42. The summed E-state index contributed by atoms with van der Waals surface area (Å²) < 4.78 is 34.6. The van der Waals surface area contributed by atoms with E-state index in [1.54, 1.807) is 12.1 Å². The van der Waals surface area contributed by atoms with E-state index in [1.807, 2.05) is 22.8 Å². The second kappa shape index (κ2) is 9.79. The van der Waals surface area contributed by atoms with Crippen molar-refractivity contribution < 1.29 is 8.53 Å². The van der Waals surface area contributed by atoms with Gasteiger partial charge in [-0.3, -0.25) is 4.57 Å². The topological polar surface area (TPSA) is 31.0 Å². The summed E-state index contributed by atoms with van der Waals surface area (Å²) in [5, 5.41) is 13.5. The molecular formula is C46H28N2O. The van der Waals surface area contributed by atoms with Crippen LogP contribution in [-0.2, 0) is 0 Å². The number of fused-ring (bicyclic) bond motifs is 14. The first-order valence-electron chi connectivity index (χ1n) is 18.1. The average Bonchev–Trinajstić information content (AvgIpc) is 3.76. The second-order valence-corrected chi connectivity index (χ2v) is 12.9. The van der Waals surface area contributed by atoms with Crippen LogP contribution in [0.2, 0.25) is 0 Å². The van der Waals surface area contributed by atoms with Crippen molar-refractivity contribution in [2.24, 2.45) is 0 Å². The minimum atomic E-state index is -2.36. The van der Waals surface area contributed by atoms with E-state index in [4.69, 9.17) is 13.5 Å². The van der Waals surface area contributed by atoms with E-state index < -0.39 is 6.85 Å². The number of benzene rings is 9. The highest BCUT2D eigenvalue weighted by atomic mass is 16.3. The molecule has 0 aliphatic carbocycles. The lowest BCUT2D eigenvalue weighted by molar-refractivity contribution is 0.673. The average molecular weight is 628 g/mol. The number of furan rings is 1. The molecule has 0 amide bonds. The Hall–Kier alpha value is -6.45. The van der Waals surface area contributed by atoms with Crippen molar-refractivity contribution in [1.29, 1.82) is 0 Å². The summed E-state index contributed by atoms with van der Waals surface area (Å²) in [6, 6.07) is 52.0. The molecule has 0 unspecified atom stereocenters. The zero-order valence-electron chi connectivity index (χ0n) is 29.2. The fourth-order valence-corrected chi connectivity index (χ4v) is 8.11. The Morgan fingerprint density at radius 3 is 1.86 bits per heavy atom. The van der Waals surface area contributed by atoms with Crippen LogP contribution in [0, 0.1) is 6.85 Å². The number of imidazole rings is 1. The molecule has 0 fully saturated rings. The second-order valence-electron chi connectivity index (χ2n) is 12.9. The number of aromatic nitrogens is 2. The minimum Gasteiger partial charge on any atom is -0.455 e. The maximum absolute atomic E-state index is 8.57. The Labute approximate surface area is 285 Å². The molecule has 228 valence electrons. The summed E-state index contributed by atoms with van der Waals surface area (Å²) in [6.07, 6.45) is 0. The number of hydrogen-bond acceptors (Lipinski definition) is 2. The van der Waals surface area contributed by atoms with Gasteiger partial charge in [-0.1, -0.05) is 115 Å². The van der Waals surface area contributed by atoms with Crippen molar-refractivity contribution in [2.75, 3.05) is 0 Å². The van der Waals surface area contributed by atoms with Gasteiger partial charge in [0.1, 0.15) is 17.0 Å². The van der Waals surface area contributed by atoms with Crippen molar-refractivity contribution in [3.8, 4) is 17.1 Å². The van der Waals surface area contributed by atoms with Gasteiger partial charge in [0.25, 0.3) is 0 Å². The van der Waals surface area contributed by atoms with E-state index in [9.17, 15) is 0 Å². The molecule has 3 heteroatoms. The summed E-state index contributed by atoms with van der Waals surface area (Å²) in [5.41, 5.74) is 4.57. The Bertz CT molecular complexity index is 3260. The zero-order chi connectivity index (χ0) is 34.7. The van der Waals surface area contributed by atoms with Crippen LogP contribution in [-0.4, -0.2) is 9.55 Å². The first-order valence-corrected chi connectivity index (χ1v) is 16.6. The molecule has 0 saturated carbocycles. The third-order valence-corrected chi connectivity index (χ3v) is 10.3. The number of rotatable bonds is 2. The highest BCUT2D eigenvalue weighted by molar-refractivity contribution is 6.26. The van der Waals surface area contributed by atoms with E-state index in [0.29, 0.717) is 22.4 Å². The fourth-order valence-electron chi connectivity index (χ4n) is 8.11. The summed E-state index contributed by atoms with van der Waals surface area (Å²) in [7, 11) is 0. The predicted molar refractivity (Wildman–Crippen MR) is 206 cm³/mol. The van der Waals surface area contributed by atoms with Gasteiger partial charge in [-0.2, -0.15) is 0 Å². The van der Waals surface area contributed by atoms with Crippen LogP contribution < -0.4 is 0 Å². The molecular weight excluding hydrogens is 597 g/mol. The zero-order valence-corrected chi connectivity index (χ0v) is 26.2. The molecule has 0 bridgehead atoms. The molecule has 2 aromatic heterocycles. The summed E-state index contributed by atoms with van der Waals surface area (Å²) in [5.74, 6) is 0.621.